The Balaban J connectivity index is 2.68. The second-order valence-electron chi connectivity index (χ2n) is 3.20. The van der Waals surface area contributed by atoms with Gasteiger partial charge < -0.3 is 0 Å². The number of rotatable bonds is 1. The Morgan fingerprint density at radius 2 is 1.06 bits per heavy atom. The SMILES string of the molecule is Fc1cccc(-c2cccc(F)c2Br)c1Br. The highest BCUT2D eigenvalue weighted by molar-refractivity contribution is 9.11. The van der Waals surface area contributed by atoms with Crippen LogP contribution in [0.2, 0.25) is 0 Å². The Morgan fingerprint density at radius 3 is 1.44 bits per heavy atom. The van der Waals surface area contributed by atoms with Gasteiger partial charge in [0.15, 0.2) is 0 Å². The van der Waals surface area contributed by atoms with Gasteiger partial charge in [0.1, 0.15) is 11.6 Å². The van der Waals surface area contributed by atoms with Crippen molar-refractivity contribution in [2.75, 3.05) is 0 Å². The zero-order valence-electron chi connectivity index (χ0n) is 7.98. The molecule has 0 nitrogen and oxygen atoms in total. The van der Waals surface area contributed by atoms with Crippen LogP contribution in [-0.4, -0.2) is 0 Å². The molecule has 0 saturated heterocycles. The van der Waals surface area contributed by atoms with Crippen LogP contribution in [0.25, 0.3) is 11.1 Å². The van der Waals surface area contributed by atoms with Gasteiger partial charge in [0.2, 0.25) is 0 Å². The van der Waals surface area contributed by atoms with Gasteiger partial charge in [-0.05, 0) is 44.0 Å². The summed E-state index contributed by atoms with van der Waals surface area (Å²) in [6.07, 6.45) is 0. The predicted molar refractivity (Wildman–Crippen MR) is 67.2 cm³/mol. The second kappa shape index (κ2) is 4.63. The summed E-state index contributed by atoms with van der Waals surface area (Å²) in [5, 5.41) is 0. The standard InChI is InChI=1S/C12H6Br2F2/c13-11-7(3-1-5-9(11)15)8-4-2-6-10(16)12(8)14/h1-6H. The molecule has 0 aliphatic carbocycles. The summed E-state index contributed by atoms with van der Waals surface area (Å²) < 4.78 is 27.4. The van der Waals surface area contributed by atoms with Gasteiger partial charge in [-0.25, -0.2) is 8.78 Å². The monoisotopic (exact) mass is 346 g/mol. The highest BCUT2D eigenvalue weighted by Gasteiger charge is 2.12. The lowest BCUT2D eigenvalue weighted by atomic mass is 10.1. The van der Waals surface area contributed by atoms with E-state index >= 15 is 0 Å². The molecular formula is C12H6Br2F2. The first-order chi connectivity index (χ1) is 7.61. The molecule has 0 aliphatic heterocycles. The van der Waals surface area contributed by atoms with Crippen molar-refractivity contribution in [3.05, 3.63) is 57.0 Å². The lowest BCUT2D eigenvalue weighted by molar-refractivity contribution is 0.619. The van der Waals surface area contributed by atoms with Crippen LogP contribution in [0.1, 0.15) is 0 Å². The molecule has 0 unspecified atom stereocenters. The smallest absolute Gasteiger partial charge is 0.138 e. The van der Waals surface area contributed by atoms with Gasteiger partial charge in [-0.2, -0.15) is 0 Å². The summed E-state index contributed by atoms with van der Waals surface area (Å²) in [5.41, 5.74) is 1.23. The average molecular weight is 348 g/mol. The first-order valence-electron chi connectivity index (χ1n) is 4.49. The summed E-state index contributed by atoms with van der Waals surface area (Å²) in [6, 6.07) is 9.33. The molecule has 0 radical (unpaired) electrons. The molecule has 82 valence electrons. The highest BCUT2D eigenvalue weighted by Crippen LogP contribution is 2.35. The number of halogens is 4. The maximum atomic E-state index is 13.3. The maximum absolute atomic E-state index is 13.3. The van der Waals surface area contributed by atoms with Crippen LogP contribution in [0.4, 0.5) is 8.78 Å². The second-order valence-corrected chi connectivity index (χ2v) is 4.79. The normalized spacial score (nSPS) is 10.5. The minimum absolute atomic E-state index is 0.335. The fraction of sp³-hybridized carbons (Fsp3) is 0. The van der Waals surface area contributed by atoms with E-state index < -0.39 is 0 Å². The first kappa shape index (κ1) is 11.7. The Hall–Kier alpha value is -0.740. The minimum atomic E-state index is -0.367. The summed E-state index contributed by atoms with van der Waals surface area (Å²) in [5.74, 6) is -0.734. The van der Waals surface area contributed by atoms with Crippen LogP contribution in [0.15, 0.2) is 45.3 Å². The van der Waals surface area contributed by atoms with Crippen molar-refractivity contribution < 1.29 is 8.78 Å². The van der Waals surface area contributed by atoms with Crippen molar-refractivity contribution in [3.63, 3.8) is 0 Å². The molecule has 0 aliphatic rings. The fourth-order valence-electron chi connectivity index (χ4n) is 1.42. The van der Waals surface area contributed by atoms with Gasteiger partial charge in [0.25, 0.3) is 0 Å². The van der Waals surface area contributed by atoms with Gasteiger partial charge in [-0.1, -0.05) is 24.3 Å². The molecule has 0 fully saturated rings. The Labute approximate surface area is 109 Å². The van der Waals surface area contributed by atoms with Gasteiger partial charge in [0.05, 0.1) is 8.95 Å². The lowest BCUT2D eigenvalue weighted by Gasteiger charge is -2.08. The van der Waals surface area contributed by atoms with E-state index in [9.17, 15) is 8.78 Å². The molecule has 0 spiro atoms. The molecule has 2 aromatic rings. The van der Waals surface area contributed by atoms with E-state index in [1.807, 2.05) is 0 Å². The molecule has 2 aromatic carbocycles. The lowest BCUT2D eigenvalue weighted by Crippen LogP contribution is -1.87. The summed E-state index contributed by atoms with van der Waals surface area (Å²) in [4.78, 5) is 0. The Bertz CT molecular complexity index is 489. The molecule has 0 heterocycles. The van der Waals surface area contributed by atoms with Gasteiger partial charge >= 0.3 is 0 Å². The molecule has 4 heteroatoms. The number of benzene rings is 2. The van der Waals surface area contributed by atoms with Crippen LogP contribution < -0.4 is 0 Å². The summed E-state index contributed by atoms with van der Waals surface area (Å²) >= 11 is 6.31. The van der Waals surface area contributed by atoms with E-state index in [1.165, 1.54) is 12.1 Å². The fourth-order valence-corrected chi connectivity index (χ4v) is 2.38. The first-order valence-corrected chi connectivity index (χ1v) is 6.08. The van der Waals surface area contributed by atoms with Crippen LogP contribution in [-0.2, 0) is 0 Å². The Kier molecular flexibility index (Phi) is 3.40. The van der Waals surface area contributed by atoms with E-state index in [0.29, 0.717) is 20.1 Å². The van der Waals surface area contributed by atoms with Crippen molar-refractivity contribution in [2.45, 2.75) is 0 Å². The Morgan fingerprint density at radius 1 is 0.688 bits per heavy atom. The van der Waals surface area contributed by atoms with Gasteiger partial charge in [0, 0.05) is 11.1 Å². The molecule has 0 N–H and O–H groups in total. The zero-order chi connectivity index (χ0) is 11.7. The van der Waals surface area contributed by atoms with E-state index in [-0.39, 0.29) is 11.6 Å². The van der Waals surface area contributed by atoms with Gasteiger partial charge in [-0.15, -0.1) is 0 Å². The van der Waals surface area contributed by atoms with E-state index in [4.69, 9.17) is 0 Å². The molecule has 2 rings (SSSR count). The van der Waals surface area contributed by atoms with Gasteiger partial charge in [-0.3, -0.25) is 0 Å². The summed E-state index contributed by atoms with van der Waals surface area (Å²) in [7, 11) is 0. The van der Waals surface area contributed by atoms with Crippen LogP contribution >= 0.6 is 31.9 Å². The number of hydrogen-bond acceptors (Lipinski definition) is 0. The molecular weight excluding hydrogens is 342 g/mol. The van der Waals surface area contributed by atoms with E-state index in [0.717, 1.165) is 0 Å². The highest BCUT2D eigenvalue weighted by atomic mass is 79.9. The van der Waals surface area contributed by atoms with Crippen molar-refractivity contribution in [3.8, 4) is 11.1 Å². The molecule has 16 heavy (non-hydrogen) atoms. The average Bonchev–Trinajstić information content (AvgIpc) is 2.27. The quantitative estimate of drug-likeness (QED) is 0.668. The summed E-state index contributed by atoms with van der Waals surface area (Å²) in [6.45, 7) is 0. The third kappa shape index (κ3) is 2.04. The topological polar surface area (TPSA) is 0 Å². The number of hydrogen-bond donors (Lipinski definition) is 0. The van der Waals surface area contributed by atoms with Crippen molar-refractivity contribution in [1.82, 2.24) is 0 Å². The molecule has 0 aromatic heterocycles. The molecule has 0 atom stereocenters. The third-order valence-corrected chi connectivity index (χ3v) is 3.81. The van der Waals surface area contributed by atoms with Crippen molar-refractivity contribution in [1.29, 1.82) is 0 Å². The maximum Gasteiger partial charge on any atom is 0.138 e. The van der Waals surface area contributed by atoms with E-state index in [1.54, 1.807) is 24.3 Å². The predicted octanol–water partition coefficient (Wildman–Crippen LogP) is 5.16. The molecule has 0 bridgehead atoms. The molecule has 0 amide bonds. The van der Waals surface area contributed by atoms with Crippen LogP contribution in [0, 0.1) is 11.6 Å². The minimum Gasteiger partial charge on any atom is -0.206 e. The zero-order valence-corrected chi connectivity index (χ0v) is 11.1. The van der Waals surface area contributed by atoms with Crippen LogP contribution in [0.5, 0.6) is 0 Å². The van der Waals surface area contributed by atoms with Crippen LogP contribution in [0.3, 0.4) is 0 Å². The molecule has 0 saturated carbocycles. The largest absolute Gasteiger partial charge is 0.206 e. The third-order valence-electron chi connectivity index (χ3n) is 2.19. The van der Waals surface area contributed by atoms with Crippen molar-refractivity contribution >= 4 is 31.9 Å². The van der Waals surface area contributed by atoms with E-state index in [2.05, 4.69) is 31.9 Å². The van der Waals surface area contributed by atoms with Crippen molar-refractivity contribution in [2.24, 2.45) is 0 Å².